The third-order valence-corrected chi connectivity index (χ3v) is 1.32. The van der Waals surface area contributed by atoms with Crippen LogP contribution in [0.15, 0.2) is 14.1 Å². The monoisotopic (exact) mass is 187 g/mol. The van der Waals surface area contributed by atoms with Crippen LogP contribution in [0.3, 0.4) is 0 Å². The Bertz CT molecular complexity index is 399. The van der Waals surface area contributed by atoms with Crippen LogP contribution in [-0.2, 0) is 11.3 Å². The van der Waals surface area contributed by atoms with Gasteiger partial charge in [0, 0.05) is 13.5 Å². The van der Waals surface area contributed by atoms with Gasteiger partial charge in [-0.2, -0.15) is 0 Å². The smallest absolute Gasteiger partial charge is 0.354 e. The second kappa shape index (κ2) is 3.74. The third-order valence-electron chi connectivity index (χ3n) is 1.32. The molecule has 0 aromatic carbocycles. The molecule has 2 N–H and O–H groups in total. The van der Waals surface area contributed by atoms with Crippen molar-refractivity contribution in [1.82, 2.24) is 15.0 Å². The number of H-pyrrole nitrogens is 1. The van der Waals surface area contributed by atoms with Crippen LogP contribution in [0.1, 0.15) is 6.92 Å². The summed E-state index contributed by atoms with van der Waals surface area (Å²) in [7, 11) is 0. The molecule has 0 aliphatic heterocycles. The predicted octanol–water partition coefficient (Wildman–Crippen LogP) is -1.73. The lowest BCUT2D eigenvalue weighted by molar-refractivity contribution is -0.119. The fourth-order valence-corrected chi connectivity index (χ4v) is 0.795. The minimum atomic E-state index is -0.798. The highest BCUT2D eigenvalue weighted by Crippen LogP contribution is 1.72. The first-order valence-electron chi connectivity index (χ1n) is 3.64. The van der Waals surface area contributed by atoms with Gasteiger partial charge in [-0.1, -0.05) is 0 Å². The van der Waals surface area contributed by atoms with Crippen molar-refractivity contribution in [2.24, 2.45) is 0 Å². The quantitative estimate of drug-likeness (QED) is 0.587. The minimum absolute atomic E-state index is 0.136. The molecule has 0 saturated heterocycles. The van der Waals surface area contributed by atoms with Crippen molar-refractivity contribution >= 4 is 5.91 Å². The Balaban J connectivity index is 2.55. The van der Waals surface area contributed by atoms with Crippen LogP contribution in [0.4, 0.5) is 0 Å². The molecule has 0 saturated carbocycles. The number of hydrogen-bond donors (Lipinski definition) is 2. The Morgan fingerprint density at radius 3 is 2.77 bits per heavy atom. The van der Waals surface area contributed by atoms with Gasteiger partial charge in [0.15, 0.2) is 0 Å². The van der Waals surface area contributed by atoms with Gasteiger partial charge in [0.25, 0.3) is 0 Å². The number of carbonyl (C=O) groups is 1. The summed E-state index contributed by atoms with van der Waals surface area (Å²) < 4.78 is 5.28. The van der Waals surface area contributed by atoms with Crippen LogP contribution in [0.25, 0.3) is 0 Å². The van der Waals surface area contributed by atoms with Gasteiger partial charge in [0.2, 0.25) is 5.91 Å². The summed E-state index contributed by atoms with van der Waals surface area (Å²) in [5.41, 5.74) is -0.615. The van der Waals surface area contributed by atoms with E-state index in [1.807, 2.05) is 4.98 Å². The van der Waals surface area contributed by atoms with Crippen molar-refractivity contribution in [2.75, 3.05) is 6.54 Å². The van der Waals surface area contributed by atoms with E-state index in [0.717, 1.165) is 4.74 Å². The number of hydrogen-bond acceptors (Lipinski definition) is 4. The molecule has 7 heteroatoms. The van der Waals surface area contributed by atoms with Crippen molar-refractivity contribution in [1.29, 1.82) is 0 Å². The van der Waals surface area contributed by atoms with E-state index in [1.165, 1.54) is 6.92 Å². The van der Waals surface area contributed by atoms with Crippen LogP contribution < -0.4 is 16.8 Å². The average Bonchev–Trinajstić information content (AvgIpc) is 2.29. The predicted molar refractivity (Wildman–Crippen MR) is 42.3 cm³/mol. The van der Waals surface area contributed by atoms with E-state index >= 15 is 0 Å². The Morgan fingerprint density at radius 1 is 1.62 bits per heavy atom. The van der Waals surface area contributed by atoms with Gasteiger partial charge in [-0.25, -0.2) is 14.6 Å². The lowest BCUT2D eigenvalue weighted by Gasteiger charge is -1.98. The van der Waals surface area contributed by atoms with E-state index in [9.17, 15) is 14.4 Å². The highest BCUT2D eigenvalue weighted by molar-refractivity contribution is 5.72. The summed E-state index contributed by atoms with van der Waals surface area (Å²) in [5, 5.41) is 2.46. The summed E-state index contributed by atoms with van der Waals surface area (Å²) in [5.74, 6) is -1.00. The second-order valence-electron chi connectivity index (χ2n) is 2.39. The largest absolute Gasteiger partial charge is 0.440 e. The summed E-state index contributed by atoms with van der Waals surface area (Å²) in [6, 6.07) is 0. The number of aromatic amines is 1. The first-order chi connectivity index (χ1) is 6.09. The van der Waals surface area contributed by atoms with Crippen LogP contribution in [0, 0.1) is 0 Å². The highest BCUT2D eigenvalue weighted by atomic mass is 16.5. The van der Waals surface area contributed by atoms with E-state index < -0.39 is 11.4 Å². The van der Waals surface area contributed by atoms with Gasteiger partial charge < -0.3 is 9.84 Å². The molecule has 1 amide bonds. The Kier molecular flexibility index (Phi) is 2.68. The van der Waals surface area contributed by atoms with Crippen LogP contribution in [0.2, 0.25) is 0 Å². The van der Waals surface area contributed by atoms with Gasteiger partial charge >= 0.3 is 11.4 Å². The molecule has 1 aromatic rings. The SMILES string of the molecule is CC(=O)NCCn1oc(=O)[nH]c1=O. The summed E-state index contributed by atoms with van der Waals surface area (Å²) in [6.07, 6.45) is 0. The molecular weight excluding hydrogens is 178 g/mol. The first-order valence-corrected chi connectivity index (χ1v) is 3.64. The van der Waals surface area contributed by atoms with E-state index in [4.69, 9.17) is 0 Å². The number of carbonyl (C=O) groups excluding carboxylic acids is 1. The van der Waals surface area contributed by atoms with Gasteiger partial charge in [0.1, 0.15) is 0 Å². The first kappa shape index (κ1) is 9.30. The third kappa shape index (κ3) is 2.62. The van der Waals surface area contributed by atoms with Gasteiger partial charge in [-0.3, -0.25) is 4.79 Å². The molecule has 1 rings (SSSR count). The molecule has 0 aliphatic rings. The fraction of sp³-hybridized carbons (Fsp3) is 0.500. The lowest BCUT2D eigenvalue weighted by atomic mass is 10.6. The van der Waals surface area contributed by atoms with Crippen molar-refractivity contribution in [3.05, 3.63) is 21.0 Å². The second-order valence-corrected chi connectivity index (χ2v) is 2.39. The summed E-state index contributed by atoms with van der Waals surface area (Å²) in [4.78, 5) is 33.6. The molecule has 7 nitrogen and oxygen atoms in total. The average molecular weight is 187 g/mol. The van der Waals surface area contributed by atoms with Crippen LogP contribution in [0.5, 0.6) is 0 Å². The summed E-state index contributed by atoms with van der Waals surface area (Å²) in [6.45, 7) is 1.74. The molecule has 0 fully saturated rings. The van der Waals surface area contributed by atoms with Gasteiger partial charge in [-0.15, -0.1) is 4.74 Å². The van der Waals surface area contributed by atoms with Crippen molar-refractivity contribution in [2.45, 2.75) is 13.5 Å². The Labute approximate surface area is 72.3 Å². The number of nitrogens with one attached hydrogen (secondary N) is 2. The molecule has 0 aliphatic carbocycles. The molecule has 0 atom stereocenters. The minimum Gasteiger partial charge on any atom is -0.354 e. The molecule has 1 heterocycles. The number of nitrogens with zero attached hydrogens (tertiary/aromatic N) is 1. The lowest BCUT2D eigenvalue weighted by Crippen LogP contribution is -2.27. The zero-order valence-electron chi connectivity index (χ0n) is 6.99. The fourth-order valence-electron chi connectivity index (χ4n) is 0.795. The van der Waals surface area contributed by atoms with Crippen molar-refractivity contribution < 1.29 is 9.32 Å². The van der Waals surface area contributed by atoms with Gasteiger partial charge in [-0.05, 0) is 0 Å². The standard InChI is InChI=1S/C6H9N3O4/c1-4(10)7-2-3-9-5(11)8-6(12)13-9/h2-3H2,1H3,(H,7,10)(H,8,11,12). The highest BCUT2D eigenvalue weighted by Gasteiger charge is 2.01. The van der Waals surface area contributed by atoms with E-state index in [2.05, 4.69) is 9.84 Å². The van der Waals surface area contributed by atoms with Crippen molar-refractivity contribution in [3.8, 4) is 0 Å². The Morgan fingerprint density at radius 2 is 2.31 bits per heavy atom. The number of amides is 1. The van der Waals surface area contributed by atoms with Crippen molar-refractivity contribution in [3.63, 3.8) is 0 Å². The van der Waals surface area contributed by atoms with Crippen LogP contribution in [-0.4, -0.2) is 22.2 Å². The molecule has 0 unspecified atom stereocenters. The molecular formula is C6H9N3O4. The van der Waals surface area contributed by atoms with Gasteiger partial charge in [0.05, 0.1) is 6.54 Å². The van der Waals surface area contributed by atoms with E-state index in [1.54, 1.807) is 0 Å². The summed E-state index contributed by atoms with van der Waals surface area (Å²) >= 11 is 0. The zero-order valence-corrected chi connectivity index (χ0v) is 6.99. The Hall–Kier alpha value is -1.79. The van der Waals surface area contributed by atoms with E-state index in [0.29, 0.717) is 0 Å². The maximum Gasteiger partial charge on any atom is 0.440 e. The molecule has 0 bridgehead atoms. The molecule has 0 spiro atoms. The molecule has 13 heavy (non-hydrogen) atoms. The topological polar surface area (TPSA) is 97.1 Å². The number of rotatable bonds is 3. The zero-order chi connectivity index (χ0) is 9.84. The van der Waals surface area contributed by atoms with E-state index in [-0.39, 0.29) is 19.0 Å². The molecule has 72 valence electrons. The molecule has 1 aromatic heterocycles. The number of aromatic nitrogens is 2. The maximum absolute atomic E-state index is 10.8. The van der Waals surface area contributed by atoms with Crippen LogP contribution >= 0.6 is 0 Å². The normalized spacial score (nSPS) is 9.92. The molecule has 0 radical (unpaired) electrons. The maximum atomic E-state index is 10.8.